The van der Waals surface area contributed by atoms with E-state index >= 15 is 0 Å². The molecular formula is C24H26Cl3FN4O. The molecule has 2 aromatic carbocycles. The van der Waals surface area contributed by atoms with Crippen molar-refractivity contribution in [3.8, 4) is 0 Å². The number of carbonyl (C=O) groups is 1. The number of benzene rings is 2. The number of hydrogen-bond acceptors (Lipinski definition) is 3. The summed E-state index contributed by atoms with van der Waals surface area (Å²) in [7, 11) is 0. The summed E-state index contributed by atoms with van der Waals surface area (Å²) in [5.41, 5.74) is 2.08. The van der Waals surface area contributed by atoms with E-state index in [4.69, 9.17) is 28.3 Å². The monoisotopic (exact) mass is 510 g/mol. The van der Waals surface area contributed by atoms with Gasteiger partial charge in [-0.05, 0) is 75.2 Å². The van der Waals surface area contributed by atoms with Gasteiger partial charge in [0.2, 0.25) is 5.91 Å². The Morgan fingerprint density at radius 3 is 2.45 bits per heavy atom. The molecule has 5 nitrogen and oxygen atoms in total. The van der Waals surface area contributed by atoms with Gasteiger partial charge in [-0.2, -0.15) is 5.10 Å². The lowest BCUT2D eigenvalue weighted by molar-refractivity contribution is -0.117. The third kappa shape index (κ3) is 5.69. The Labute approximate surface area is 209 Å². The number of hydrogen-bond donors (Lipinski definition) is 2. The van der Waals surface area contributed by atoms with Crippen LogP contribution >= 0.6 is 35.6 Å². The first-order valence-corrected chi connectivity index (χ1v) is 11.2. The van der Waals surface area contributed by atoms with Crippen LogP contribution in [0.2, 0.25) is 10.0 Å². The highest BCUT2D eigenvalue weighted by Crippen LogP contribution is 2.41. The molecule has 3 aromatic rings. The second kappa shape index (κ2) is 10.0. The van der Waals surface area contributed by atoms with Crippen molar-refractivity contribution in [3.63, 3.8) is 0 Å². The molecule has 1 aliphatic rings. The van der Waals surface area contributed by atoms with Crippen LogP contribution in [0.1, 0.15) is 50.4 Å². The number of nitrogens with zero attached hydrogens (tertiary/aromatic N) is 2. The van der Waals surface area contributed by atoms with E-state index in [0.717, 1.165) is 11.3 Å². The maximum atomic E-state index is 14.2. The zero-order valence-electron chi connectivity index (χ0n) is 18.5. The minimum atomic E-state index is -0.487. The first kappa shape index (κ1) is 25.5. The van der Waals surface area contributed by atoms with E-state index in [9.17, 15) is 9.18 Å². The second-order valence-corrected chi connectivity index (χ2v) is 9.91. The molecule has 3 atom stereocenters. The maximum Gasteiger partial charge on any atom is 0.241 e. The smallest absolute Gasteiger partial charge is 0.241 e. The molecule has 4 rings (SSSR count). The van der Waals surface area contributed by atoms with Gasteiger partial charge in [-0.1, -0.05) is 29.3 Å². The number of rotatable bonds is 4. The molecule has 1 saturated heterocycles. The first-order chi connectivity index (χ1) is 15.1. The van der Waals surface area contributed by atoms with Crippen LogP contribution in [0, 0.1) is 5.82 Å². The molecule has 0 aliphatic carbocycles. The molecule has 1 unspecified atom stereocenters. The summed E-state index contributed by atoms with van der Waals surface area (Å²) in [6.07, 6.45) is 2.46. The molecule has 1 fully saturated rings. The fraction of sp³-hybridized carbons (Fsp3) is 0.333. The third-order valence-electron chi connectivity index (χ3n) is 5.68. The van der Waals surface area contributed by atoms with Crippen molar-refractivity contribution in [2.45, 2.75) is 50.7 Å². The molecule has 2 heterocycles. The molecule has 9 heteroatoms. The van der Waals surface area contributed by atoms with Crippen LogP contribution in [0.5, 0.6) is 0 Å². The van der Waals surface area contributed by atoms with Crippen molar-refractivity contribution >= 4 is 47.2 Å². The Bertz CT molecular complexity index is 1130. The molecule has 2 N–H and O–H groups in total. The van der Waals surface area contributed by atoms with Crippen LogP contribution in [0.25, 0.3) is 0 Å². The summed E-state index contributed by atoms with van der Waals surface area (Å²) in [4.78, 5) is 13.0. The van der Waals surface area contributed by atoms with Crippen LogP contribution in [-0.4, -0.2) is 21.7 Å². The van der Waals surface area contributed by atoms with Gasteiger partial charge >= 0.3 is 0 Å². The normalized spacial score (nSPS) is 20.4. The topological polar surface area (TPSA) is 59.0 Å². The zero-order valence-corrected chi connectivity index (χ0v) is 20.8. The van der Waals surface area contributed by atoms with Gasteiger partial charge in [-0.3, -0.25) is 14.8 Å². The molecule has 0 bridgehead atoms. The summed E-state index contributed by atoms with van der Waals surface area (Å²) in [5, 5.41) is 11.8. The quantitative estimate of drug-likeness (QED) is 0.430. The van der Waals surface area contributed by atoms with Crippen LogP contribution in [-0.2, 0) is 10.3 Å². The van der Waals surface area contributed by atoms with E-state index in [-0.39, 0.29) is 40.8 Å². The Hall–Kier alpha value is -2.12. The molecule has 33 heavy (non-hydrogen) atoms. The SMILES string of the molecule is CC(C)(C)n1ccc(C2C[C@@H](C(=O)Nc3ccc(Cl)cc3)N[C@H]2c2ccc(Cl)c(F)c2)n1.Cl. The Kier molecular flexibility index (Phi) is 7.74. The van der Waals surface area contributed by atoms with Gasteiger partial charge in [0, 0.05) is 28.9 Å². The Balaban J connectivity index is 0.00000306. The summed E-state index contributed by atoms with van der Waals surface area (Å²) < 4.78 is 16.1. The number of anilines is 1. The van der Waals surface area contributed by atoms with E-state index in [1.165, 1.54) is 6.07 Å². The lowest BCUT2D eigenvalue weighted by Gasteiger charge is -2.21. The van der Waals surface area contributed by atoms with Crippen molar-refractivity contribution in [2.24, 2.45) is 0 Å². The van der Waals surface area contributed by atoms with Crippen LogP contribution in [0.15, 0.2) is 54.7 Å². The molecule has 176 valence electrons. The summed E-state index contributed by atoms with van der Waals surface area (Å²) >= 11 is 11.8. The zero-order chi connectivity index (χ0) is 23.0. The van der Waals surface area contributed by atoms with Gasteiger partial charge < -0.3 is 5.32 Å². The molecule has 1 amide bonds. The molecular weight excluding hydrogens is 486 g/mol. The fourth-order valence-corrected chi connectivity index (χ4v) is 4.22. The minimum absolute atomic E-state index is 0. The highest BCUT2D eigenvalue weighted by atomic mass is 35.5. The Morgan fingerprint density at radius 2 is 1.85 bits per heavy atom. The predicted octanol–water partition coefficient (Wildman–Crippen LogP) is 6.33. The first-order valence-electron chi connectivity index (χ1n) is 10.5. The highest BCUT2D eigenvalue weighted by molar-refractivity contribution is 6.31. The van der Waals surface area contributed by atoms with E-state index in [0.29, 0.717) is 17.1 Å². The van der Waals surface area contributed by atoms with Crippen molar-refractivity contribution < 1.29 is 9.18 Å². The summed E-state index contributed by atoms with van der Waals surface area (Å²) in [6.45, 7) is 6.22. The number of amides is 1. The van der Waals surface area contributed by atoms with Crippen LogP contribution in [0.4, 0.5) is 10.1 Å². The molecule has 1 aromatic heterocycles. The van der Waals surface area contributed by atoms with Crippen LogP contribution in [0.3, 0.4) is 0 Å². The number of nitrogens with one attached hydrogen (secondary N) is 2. The second-order valence-electron chi connectivity index (χ2n) is 9.06. The highest BCUT2D eigenvalue weighted by Gasteiger charge is 2.40. The van der Waals surface area contributed by atoms with Crippen molar-refractivity contribution in [3.05, 3.63) is 81.8 Å². The van der Waals surface area contributed by atoms with Crippen molar-refractivity contribution in [1.29, 1.82) is 0 Å². The number of halogens is 4. The molecule has 0 spiro atoms. The lowest BCUT2D eigenvalue weighted by atomic mass is 9.90. The summed E-state index contributed by atoms with van der Waals surface area (Å²) in [6, 6.07) is 12.9. The van der Waals surface area contributed by atoms with Gasteiger partial charge in [0.15, 0.2) is 0 Å². The van der Waals surface area contributed by atoms with Gasteiger partial charge in [-0.15, -0.1) is 12.4 Å². The average Bonchev–Trinajstić information content (AvgIpc) is 3.39. The van der Waals surface area contributed by atoms with Gasteiger partial charge in [0.1, 0.15) is 5.82 Å². The number of carbonyl (C=O) groups excluding carboxylic acids is 1. The van der Waals surface area contributed by atoms with Crippen molar-refractivity contribution in [1.82, 2.24) is 15.1 Å². The van der Waals surface area contributed by atoms with Gasteiger partial charge in [0.25, 0.3) is 0 Å². The Morgan fingerprint density at radius 1 is 1.15 bits per heavy atom. The van der Waals surface area contributed by atoms with E-state index in [1.54, 1.807) is 36.4 Å². The average molecular weight is 512 g/mol. The minimum Gasteiger partial charge on any atom is -0.325 e. The van der Waals surface area contributed by atoms with E-state index in [2.05, 4.69) is 31.4 Å². The largest absolute Gasteiger partial charge is 0.325 e. The van der Waals surface area contributed by atoms with E-state index in [1.807, 2.05) is 16.9 Å². The van der Waals surface area contributed by atoms with Crippen LogP contribution < -0.4 is 10.6 Å². The van der Waals surface area contributed by atoms with Gasteiger partial charge in [-0.25, -0.2) is 4.39 Å². The third-order valence-corrected chi connectivity index (χ3v) is 6.24. The van der Waals surface area contributed by atoms with Gasteiger partial charge in [0.05, 0.1) is 22.3 Å². The lowest BCUT2D eigenvalue weighted by Crippen LogP contribution is -2.36. The predicted molar refractivity (Wildman–Crippen MR) is 133 cm³/mol. The summed E-state index contributed by atoms with van der Waals surface area (Å²) in [5.74, 6) is -0.761. The number of aromatic nitrogens is 2. The standard InChI is InChI=1S/C24H25Cl2FN4O.ClH/c1-24(2,3)31-11-10-20(30-31)17-13-21(23(32)28-16-7-5-15(25)6-8-16)29-22(17)14-4-9-18(26)19(27)12-14;/h4-12,17,21-22,29H,13H2,1-3H3,(H,28,32);1H/t17?,21-,22-;/m0./s1. The molecule has 0 radical (unpaired) electrons. The van der Waals surface area contributed by atoms with E-state index < -0.39 is 11.9 Å². The molecule has 0 saturated carbocycles. The van der Waals surface area contributed by atoms with Crippen molar-refractivity contribution in [2.75, 3.05) is 5.32 Å². The maximum absolute atomic E-state index is 14.2. The fourth-order valence-electron chi connectivity index (χ4n) is 3.97. The molecule has 1 aliphatic heterocycles.